The van der Waals surface area contributed by atoms with E-state index in [1.165, 1.54) is 0 Å². The quantitative estimate of drug-likeness (QED) is 0.0957. The summed E-state index contributed by atoms with van der Waals surface area (Å²) in [5, 5.41) is -2.11. The summed E-state index contributed by atoms with van der Waals surface area (Å²) in [5.74, 6) is 0. The Hall–Kier alpha value is 1.56. The van der Waals surface area contributed by atoms with E-state index in [2.05, 4.69) is 0 Å². The standard InChI is InChI=1S/C16H10O12S4.4Na/c17-29(18,19)11-5-13(31(23,24)25)9-3-4-10-14(32(26,27)28)6-12(30(20,21)22)8-2-1-7(11)15(9)16(8)10;;;;/h1-6H,(H,17,18,19)(H,20,21,22)(H,23,24,25)(H,26,27,28);;;;/q;4*+1. The second-order valence-electron chi connectivity index (χ2n) is 6.72. The normalized spacial score (nSPS) is 12.4. The molecule has 12 nitrogen and oxygen atoms in total. The summed E-state index contributed by atoms with van der Waals surface area (Å²) in [4.78, 5) is -3.90. The van der Waals surface area contributed by atoms with Crippen LogP contribution in [0.4, 0.5) is 0 Å². The molecule has 36 heavy (non-hydrogen) atoms. The zero-order valence-electron chi connectivity index (χ0n) is 19.2. The van der Waals surface area contributed by atoms with E-state index < -0.39 is 60.1 Å². The second-order valence-corrected chi connectivity index (χ2v) is 12.3. The van der Waals surface area contributed by atoms with Crippen molar-refractivity contribution in [2.24, 2.45) is 0 Å². The Bertz CT molecular complexity index is 1650. The molecule has 0 spiro atoms. The molecule has 0 unspecified atom stereocenters. The summed E-state index contributed by atoms with van der Waals surface area (Å²) < 4.78 is 134. The van der Waals surface area contributed by atoms with Gasteiger partial charge in [-0.2, -0.15) is 33.7 Å². The van der Waals surface area contributed by atoms with Crippen LogP contribution in [0.15, 0.2) is 56.0 Å². The summed E-state index contributed by atoms with van der Waals surface area (Å²) in [7, 11) is -20.4. The molecule has 4 aromatic carbocycles. The van der Waals surface area contributed by atoms with Crippen molar-refractivity contribution in [1.29, 1.82) is 0 Å². The summed E-state index contributed by atoms with van der Waals surface area (Å²) in [6.45, 7) is 0. The Kier molecular flexibility index (Phi) is 12.7. The van der Waals surface area contributed by atoms with Crippen molar-refractivity contribution in [2.45, 2.75) is 19.6 Å². The van der Waals surface area contributed by atoms with E-state index in [-0.39, 0.29) is 151 Å². The predicted octanol–water partition coefficient (Wildman–Crippen LogP) is -10.4. The maximum absolute atomic E-state index is 11.9. The Morgan fingerprint density at radius 2 is 0.556 bits per heavy atom. The van der Waals surface area contributed by atoms with Gasteiger partial charge in [0.2, 0.25) is 0 Å². The van der Waals surface area contributed by atoms with Crippen LogP contribution in [0.25, 0.3) is 32.3 Å². The minimum Gasteiger partial charge on any atom is -0.282 e. The van der Waals surface area contributed by atoms with E-state index in [1.54, 1.807) is 0 Å². The van der Waals surface area contributed by atoms with Crippen molar-refractivity contribution in [3.05, 3.63) is 36.4 Å². The third-order valence-electron chi connectivity index (χ3n) is 4.86. The fraction of sp³-hybridized carbons (Fsp3) is 0. The Morgan fingerprint density at radius 1 is 0.389 bits per heavy atom. The van der Waals surface area contributed by atoms with Gasteiger partial charge in [0.05, 0.1) is 0 Å². The van der Waals surface area contributed by atoms with Gasteiger partial charge in [0.1, 0.15) is 19.6 Å². The number of rotatable bonds is 4. The molecule has 0 bridgehead atoms. The zero-order chi connectivity index (χ0) is 24.0. The smallest absolute Gasteiger partial charge is 0.282 e. The van der Waals surface area contributed by atoms with E-state index in [9.17, 15) is 51.9 Å². The van der Waals surface area contributed by atoms with Gasteiger partial charge < -0.3 is 0 Å². The van der Waals surface area contributed by atoms with Crippen molar-refractivity contribution in [2.75, 3.05) is 0 Å². The van der Waals surface area contributed by atoms with Crippen LogP contribution in [0.1, 0.15) is 0 Å². The molecular formula is C16H10Na4O12S4+4. The third-order valence-corrected chi connectivity index (χ3v) is 8.43. The molecule has 170 valence electrons. The summed E-state index contributed by atoms with van der Waals surface area (Å²) in [6, 6.07) is 4.98. The van der Waals surface area contributed by atoms with Gasteiger partial charge in [0.15, 0.2) is 0 Å². The predicted molar refractivity (Wildman–Crippen MR) is 109 cm³/mol. The molecule has 0 aliphatic heterocycles. The van der Waals surface area contributed by atoms with E-state index in [0.717, 1.165) is 24.3 Å². The Labute approximate surface area is 294 Å². The molecule has 4 aromatic rings. The minimum absolute atomic E-state index is 0. The van der Waals surface area contributed by atoms with Crippen LogP contribution in [0, 0.1) is 0 Å². The average Bonchev–Trinajstić information content (AvgIpc) is 2.61. The molecule has 0 aliphatic rings. The first-order chi connectivity index (χ1) is 14.4. The maximum atomic E-state index is 11.9. The molecule has 0 aliphatic carbocycles. The topological polar surface area (TPSA) is 217 Å². The first-order valence-corrected chi connectivity index (χ1v) is 13.9. The van der Waals surface area contributed by atoms with Crippen molar-refractivity contribution in [3.63, 3.8) is 0 Å². The molecule has 0 fully saturated rings. The van der Waals surface area contributed by atoms with Crippen LogP contribution in [0.3, 0.4) is 0 Å². The summed E-state index contributed by atoms with van der Waals surface area (Å²) in [5.41, 5.74) is 0. The van der Waals surface area contributed by atoms with Gasteiger partial charge in [-0.25, -0.2) is 0 Å². The molecule has 0 saturated carbocycles. The number of benzene rings is 4. The fourth-order valence-electron chi connectivity index (χ4n) is 3.72. The zero-order valence-corrected chi connectivity index (χ0v) is 30.4. The molecule has 0 heterocycles. The van der Waals surface area contributed by atoms with Gasteiger partial charge in [0.25, 0.3) is 40.5 Å². The molecule has 4 N–H and O–H groups in total. The first-order valence-electron chi connectivity index (χ1n) is 8.11. The molecular weight excluding hydrogens is 604 g/mol. The van der Waals surface area contributed by atoms with Gasteiger partial charge in [-0.05, 0) is 12.1 Å². The first kappa shape index (κ1) is 37.6. The van der Waals surface area contributed by atoms with Crippen LogP contribution in [0.5, 0.6) is 0 Å². The van der Waals surface area contributed by atoms with Crippen molar-refractivity contribution < 1.29 is 170 Å². The summed E-state index contributed by atoms with van der Waals surface area (Å²) >= 11 is 0. The Morgan fingerprint density at radius 3 is 0.694 bits per heavy atom. The van der Waals surface area contributed by atoms with Crippen LogP contribution in [-0.4, -0.2) is 51.9 Å². The SMILES string of the molecule is O=S(=O)(O)c1cc(S(=O)(=O)O)c2ccc3c(S(=O)(=O)O)cc(S(=O)(=O)O)c4ccc1c2c43.[Na+].[Na+].[Na+].[Na+]. The van der Waals surface area contributed by atoms with Crippen LogP contribution in [-0.2, 0) is 40.5 Å². The van der Waals surface area contributed by atoms with Crippen molar-refractivity contribution in [3.8, 4) is 0 Å². The Balaban J connectivity index is 0.00000306. The van der Waals surface area contributed by atoms with Gasteiger partial charge in [-0.3, -0.25) is 18.2 Å². The van der Waals surface area contributed by atoms with Gasteiger partial charge in [-0.15, -0.1) is 0 Å². The molecule has 0 radical (unpaired) electrons. The molecule has 0 saturated heterocycles. The largest absolute Gasteiger partial charge is 1.00 e. The van der Waals surface area contributed by atoms with Crippen LogP contribution < -0.4 is 118 Å². The monoisotopic (exact) mass is 614 g/mol. The average molecular weight is 614 g/mol. The molecule has 4 rings (SSSR count). The molecule has 0 atom stereocenters. The number of hydrogen-bond donors (Lipinski definition) is 4. The van der Waals surface area contributed by atoms with Crippen molar-refractivity contribution in [1.82, 2.24) is 0 Å². The minimum atomic E-state index is -5.10. The van der Waals surface area contributed by atoms with Crippen LogP contribution in [0.2, 0.25) is 0 Å². The molecule has 20 heteroatoms. The van der Waals surface area contributed by atoms with E-state index in [1.807, 2.05) is 0 Å². The summed E-state index contributed by atoms with van der Waals surface area (Å²) in [6.07, 6.45) is 0. The van der Waals surface area contributed by atoms with Gasteiger partial charge in [0, 0.05) is 32.3 Å². The van der Waals surface area contributed by atoms with Crippen molar-refractivity contribution >= 4 is 72.8 Å². The van der Waals surface area contributed by atoms with Crippen LogP contribution >= 0.6 is 0 Å². The van der Waals surface area contributed by atoms with Gasteiger partial charge in [-0.1, -0.05) is 24.3 Å². The molecule has 0 amide bonds. The second kappa shape index (κ2) is 12.2. The van der Waals surface area contributed by atoms with E-state index in [4.69, 9.17) is 0 Å². The van der Waals surface area contributed by atoms with E-state index in [0.29, 0.717) is 12.1 Å². The number of hydrogen-bond acceptors (Lipinski definition) is 8. The van der Waals surface area contributed by atoms with Gasteiger partial charge >= 0.3 is 118 Å². The third kappa shape index (κ3) is 6.71. The molecule has 0 aromatic heterocycles. The van der Waals surface area contributed by atoms with E-state index >= 15 is 0 Å². The maximum Gasteiger partial charge on any atom is 1.00 e. The fourth-order valence-corrected chi connectivity index (χ4v) is 6.73.